The van der Waals surface area contributed by atoms with Crippen LogP contribution in [0, 0.1) is 35.0 Å². The van der Waals surface area contributed by atoms with E-state index in [4.69, 9.17) is 30.8 Å². The van der Waals surface area contributed by atoms with E-state index in [2.05, 4.69) is 6.08 Å². The molecule has 0 radical (unpaired) electrons. The van der Waals surface area contributed by atoms with E-state index in [1.54, 1.807) is 39.0 Å². The Balaban J connectivity index is 1.43. The van der Waals surface area contributed by atoms with Crippen LogP contribution in [0.25, 0.3) is 10.9 Å². The van der Waals surface area contributed by atoms with Crippen LogP contribution in [-0.4, -0.2) is 62.7 Å². The van der Waals surface area contributed by atoms with Crippen molar-refractivity contribution in [3.63, 3.8) is 0 Å². The Labute approximate surface area is 287 Å². The van der Waals surface area contributed by atoms with E-state index in [0.29, 0.717) is 27.8 Å². The first kappa shape index (κ1) is 34.5. The number of hydrogen-bond donors (Lipinski definition) is 0. The molecule has 3 fully saturated rings. The fraction of sp³-hybridized carbons (Fsp3) is 0.649. The zero-order valence-electron chi connectivity index (χ0n) is 29.0. The molecule has 48 heavy (non-hydrogen) atoms. The topological polar surface area (TPSA) is 117 Å². The number of esters is 2. The van der Waals surface area contributed by atoms with Crippen molar-refractivity contribution in [2.45, 2.75) is 111 Å². The molecular formula is C37H48ClN3O7. The summed E-state index contributed by atoms with van der Waals surface area (Å²) < 4.78 is 20.0. The summed E-state index contributed by atoms with van der Waals surface area (Å²) in [6.45, 7) is 13.2. The highest BCUT2D eigenvalue weighted by atomic mass is 35.5. The van der Waals surface area contributed by atoms with Crippen molar-refractivity contribution < 1.29 is 28.6 Å². The largest absolute Gasteiger partial charge is 0.462 e. The van der Waals surface area contributed by atoms with Gasteiger partial charge in [-0.2, -0.15) is 4.98 Å². The molecule has 1 amide bonds. The highest BCUT2D eigenvalue weighted by Gasteiger charge is 2.55. The molecule has 4 aliphatic rings. The van der Waals surface area contributed by atoms with Crippen molar-refractivity contribution in [3.8, 4) is 6.01 Å². The highest BCUT2D eigenvalue weighted by molar-refractivity contribution is 6.31. The van der Waals surface area contributed by atoms with Gasteiger partial charge in [-0.1, -0.05) is 51.4 Å². The van der Waals surface area contributed by atoms with Crippen LogP contribution in [0.4, 0.5) is 0 Å². The Bertz CT molecular complexity index is 1690. The second-order valence-electron chi connectivity index (χ2n) is 16.2. The lowest BCUT2D eigenvalue weighted by atomic mass is 9.77. The number of hydrogen-bond acceptors (Lipinski definition) is 8. The highest BCUT2D eigenvalue weighted by Crippen LogP contribution is 2.57. The summed E-state index contributed by atoms with van der Waals surface area (Å²) in [7, 11) is 0. The van der Waals surface area contributed by atoms with E-state index in [0.717, 1.165) is 25.7 Å². The average Bonchev–Trinajstić information content (AvgIpc) is 3.54. The summed E-state index contributed by atoms with van der Waals surface area (Å²) in [5.41, 5.74) is -1.29. The minimum Gasteiger partial charge on any atom is -0.462 e. The monoisotopic (exact) mass is 681 g/mol. The first-order chi connectivity index (χ1) is 22.5. The minimum atomic E-state index is -0.981. The standard InChI is InChI=1S/C37H48ClN3O7/c1-20-29-19-41(31(20)34(45)48-37(5,6)7)33(44)26(36(2,3)4)18-30(42)46-28-16-21-15-25(21)23(28)11-9-8-10-14-40-32(43)24-13-12-22(38)17-27(24)39-35(40)47-29/h8,10,12-13,17,20-21,23,25-26,28-29,31H,9,11,14-16,18-19H2,1-7H3/b10-8+/t20-,21+,23-,25+,26-,28-,29+,31+/m1/s1. The number of carbonyl (C=O) groups is 3. The molecule has 11 heteroatoms. The molecule has 2 bridgehead atoms. The Morgan fingerprint density at radius 2 is 1.75 bits per heavy atom. The van der Waals surface area contributed by atoms with E-state index in [-0.39, 0.29) is 55.0 Å². The van der Waals surface area contributed by atoms with Gasteiger partial charge in [-0.15, -0.1) is 0 Å². The quantitative estimate of drug-likeness (QED) is 0.268. The Kier molecular flexibility index (Phi) is 9.20. The van der Waals surface area contributed by atoms with Gasteiger partial charge in [0.2, 0.25) is 5.91 Å². The SMILES string of the molecule is C[C@@H]1[C@@H]2CN(C(=O)[C@H](C(C)(C)C)CC(=O)O[C@@H]3C[C@@H]4C[C@@H]4[C@H]3CC/C=C/Cn3c(nc4cc(Cl)ccc4c3=O)O2)[C@@H]1C(=O)OC(C)(C)C. The number of rotatable bonds is 1. The van der Waals surface area contributed by atoms with Gasteiger partial charge in [0, 0.05) is 17.5 Å². The van der Waals surface area contributed by atoms with Gasteiger partial charge < -0.3 is 19.1 Å². The van der Waals surface area contributed by atoms with Crippen molar-refractivity contribution >= 4 is 40.3 Å². The fourth-order valence-corrected chi connectivity index (χ4v) is 8.05. The van der Waals surface area contributed by atoms with Gasteiger partial charge in [-0.3, -0.25) is 19.0 Å². The summed E-state index contributed by atoms with van der Waals surface area (Å²) in [4.78, 5) is 62.0. The molecule has 2 saturated carbocycles. The minimum absolute atomic E-state index is 0.0406. The molecule has 10 nitrogen and oxygen atoms in total. The number of ether oxygens (including phenoxy) is 3. The van der Waals surface area contributed by atoms with Crippen molar-refractivity contribution in [1.82, 2.24) is 14.5 Å². The molecule has 1 aromatic carbocycles. The smallest absolute Gasteiger partial charge is 0.329 e. The van der Waals surface area contributed by atoms with Crippen molar-refractivity contribution in [1.29, 1.82) is 0 Å². The van der Waals surface area contributed by atoms with Crippen molar-refractivity contribution in [3.05, 3.63) is 45.7 Å². The van der Waals surface area contributed by atoms with Crippen LogP contribution in [0.15, 0.2) is 35.1 Å². The number of amides is 1. The number of carbonyl (C=O) groups excluding carboxylic acids is 3. The molecule has 260 valence electrons. The Morgan fingerprint density at radius 3 is 2.46 bits per heavy atom. The van der Waals surface area contributed by atoms with Crippen LogP contribution in [0.2, 0.25) is 5.02 Å². The number of nitrogens with zero attached hydrogens (tertiary/aromatic N) is 3. The summed E-state index contributed by atoms with van der Waals surface area (Å²) in [5.74, 6) is -1.15. The molecule has 1 aromatic heterocycles. The number of aromatic nitrogens is 2. The number of benzene rings is 1. The Morgan fingerprint density at radius 1 is 1.00 bits per heavy atom. The van der Waals surface area contributed by atoms with Gasteiger partial charge >= 0.3 is 11.9 Å². The fourth-order valence-electron chi connectivity index (χ4n) is 7.88. The van der Waals surface area contributed by atoms with Gasteiger partial charge in [0.1, 0.15) is 23.9 Å². The lowest BCUT2D eigenvalue weighted by molar-refractivity contribution is -0.167. The van der Waals surface area contributed by atoms with Crippen LogP contribution < -0.4 is 10.3 Å². The summed E-state index contributed by atoms with van der Waals surface area (Å²) in [6.07, 6.45) is 6.69. The molecule has 2 aliphatic heterocycles. The molecule has 0 N–H and O–H groups in total. The maximum absolute atomic E-state index is 14.6. The van der Waals surface area contributed by atoms with Gasteiger partial charge in [0.25, 0.3) is 11.6 Å². The number of fused-ring (bicyclic) bond motifs is 7. The molecule has 2 aliphatic carbocycles. The van der Waals surface area contributed by atoms with Crippen LogP contribution in [0.3, 0.4) is 0 Å². The zero-order valence-corrected chi connectivity index (χ0v) is 29.8. The summed E-state index contributed by atoms with van der Waals surface area (Å²) in [6, 6.07) is 4.05. The predicted octanol–water partition coefficient (Wildman–Crippen LogP) is 5.96. The second kappa shape index (κ2) is 12.8. The third-order valence-electron chi connectivity index (χ3n) is 10.5. The van der Waals surface area contributed by atoms with Crippen molar-refractivity contribution in [2.24, 2.45) is 35.0 Å². The van der Waals surface area contributed by atoms with Gasteiger partial charge in [-0.25, -0.2) is 4.79 Å². The maximum atomic E-state index is 14.6. The van der Waals surface area contributed by atoms with E-state index < -0.39 is 41.0 Å². The third-order valence-corrected chi connectivity index (χ3v) is 10.8. The lowest BCUT2D eigenvalue weighted by Crippen LogP contribution is -2.50. The third kappa shape index (κ3) is 7.00. The molecule has 1 saturated heterocycles. The zero-order chi connectivity index (χ0) is 34.7. The van der Waals surface area contributed by atoms with Crippen molar-refractivity contribution in [2.75, 3.05) is 6.54 Å². The molecule has 0 spiro atoms. The van der Waals surface area contributed by atoms with E-state index in [1.807, 2.05) is 33.8 Å². The normalized spacial score (nSPS) is 31.9. The molecule has 6 rings (SSSR count). The van der Waals surface area contributed by atoms with E-state index in [1.165, 1.54) is 9.47 Å². The first-order valence-corrected chi connectivity index (χ1v) is 17.6. The van der Waals surface area contributed by atoms with Crippen LogP contribution in [0.1, 0.15) is 80.6 Å². The van der Waals surface area contributed by atoms with Gasteiger partial charge in [0.15, 0.2) is 0 Å². The van der Waals surface area contributed by atoms with Crippen LogP contribution in [0.5, 0.6) is 6.01 Å². The maximum Gasteiger partial charge on any atom is 0.329 e. The van der Waals surface area contributed by atoms with Crippen LogP contribution >= 0.6 is 11.6 Å². The molecule has 2 aromatic rings. The molecular weight excluding hydrogens is 634 g/mol. The predicted molar refractivity (Wildman–Crippen MR) is 181 cm³/mol. The molecule has 0 unspecified atom stereocenters. The first-order valence-electron chi connectivity index (χ1n) is 17.3. The van der Waals surface area contributed by atoms with E-state index in [9.17, 15) is 19.2 Å². The van der Waals surface area contributed by atoms with Crippen LogP contribution in [-0.2, 0) is 30.4 Å². The molecule has 3 heterocycles. The van der Waals surface area contributed by atoms with E-state index >= 15 is 0 Å². The second-order valence-corrected chi connectivity index (χ2v) is 16.7. The van der Waals surface area contributed by atoms with Gasteiger partial charge in [-0.05, 0) is 87.8 Å². The Hall–Kier alpha value is -3.40. The number of allylic oxidation sites excluding steroid dienone is 2. The summed E-state index contributed by atoms with van der Waals surface area (Å²) >= 11 is 6.28. The lowest BCUT2D eigenvalue weighted by Gasteiger charge is -2.35. The summed E-state index contributed by atoms with van der Waals surface area (Å²) in [5, 5.41) is 0.846. The molecule has 8 atom stereocenters. The van der Waals surface area contributed by atoms with Gasteiger partial charge in [0.05, 0.1) is 29.8 Å². The number of halogens is 1. The average molecular weight is 682 g/mol.